The van der Waals surface area contributed by atoms with Gasteiger partial charge in [-0.1, -0.05) is 64.5 Å². The molecule has 4 nitrogen and oxygen atoms in total. The van der Waals surface area contributed by atoms with E-state index in [0.717, 1.165) is 35.4 Å². The fourth-order valence-corrected chi connectivity index (χ4v) is 9.95. The quantitative estimate of drug-likeness (QED) is 0.121. The van der Waals surface area contributed by atoms with Gasteiger partial charge in [-0.25, -0.2) is 0 Å². The lowest BCUT2D eigenvalue weighted by Crippen LogP contribution is -2.14. The first-order valence-electron chi connectivity index (χ1n) is 15.5. The zero-order chi connectivity index (χ0) is 29.1. The van der Waals surface area contributed by atoms with E-state index < -0.39 is 0 Å². The number of rotatable bonds is 13. The summed E-state index contributed by atoms with van der Waals surface area (Å²) in [6.07, 6.45) is 12.3. The second-order valence-corrected chi connectivity index (χ2v) is 15.3. The predicted molar refractivity (Wildman–Crippen MR) is 184 cm³/mol. The van der Waals surface area contributed by atoms with E-state index in [2.05, 4.69) is 52.0 Å². The van der Waals surface area contributed by atoms with Gasteiger partial charge in [0.1, 0.15) is 24.2 Å². The molecule has 0 aliphatic carbocycles. The van der Waals surface area contributed by atoms with Crippen LogP contribution in [-0.4, -0.2) is 22.0 Å². The third kappa shape index (κ3) is 6.05. The molecule has 1 aliphatic heterocycles. The molecular formula is C34H40N2O2S4. The number of ether oxygens (including phenoxy) is 2. The van der Waals surface area contributed by atoms with Gasteiger partial charge in [0.15, 0.2) is 11.5 Å². The molecule has 0 atom stereocenters. The number of aromatic nitrogens is 2. The van der Waals surface area contributed by atoms with Crippen molar-refractivity contribution in [2.24, 2.45) is 0 Å². The second-order valence-electron chi connectivity index (χ2n) is 11.3. The summed E-state index contributed by atoms with van der Waals surface area (Å²) >= 11 is 6.90. The molecule has 1 aromatic carbocycles. The van der Waals surface area contributed by atoms with E-state index in [-0.39, 0.29) is 0 Å². The first-order valence-corrected chi connectivity index (χ1v) is 18.6. The minimum absolute atomic E-state index is 0.605. The van der Waals surface area contributed by atoms with Crippen molar-refractivity contribution in [2.75, 3.05) is 13.2 Å². The van der Waals surface area contributed by atoms with Gasteiger partial charge in [0.05, 0.1) is 16.6 Å². The molecule has 8 heteroatoms. The van der Waals surface area contributed by atoms with Gasteiger partial charge in [-0.05, 0) is 62.8 Å². The summed E-state index contributed by atoms with van der Waals surface area (Å²) in [5, 5.41) is 0. The van der Waals surface area contributed by atoms with Crippen LogP contribution in [0.2, 0.25) is 0 Å². The van der Waals surface area contributed by atoms with Crippen LogP contribution in [0.5, 0.6) is 11.5 Å². The minimum atomic E-state index is 0.605. The van der Waals surface area contributed by atoms with Crippen LogP contribution >= 0.6 is 45.7 Å². The standard InChI is InChI=1S/C34H40N2O2S4/c1-5-7-9-11-13-23-19-21(3)39-32(23)25-15-16-26(29-28(25)35-42-36-29)33-24(14-12-10-8-6-2)20-27(41-33)34-31-30(22(4)40-34)37-17-18-38-31/h15-16,19-20H,5-14,17-18H2,1-4H3. The van der Waals surface area contributed by atoms with Crippen LogP contribution in [0.1, 0.15) is 86.1 Å². The predicted octanol–water partition coefficient (Wildman–Crippen LogP) is 11.5. The summed E-state index contributed by atoms with van der Waals surface area (Å²) < 4.78 is 21.9. The maximum atomic E-state index is 6.15. The Bertz CT molecular complexity index is 1660. The molecule has 42 heavy (non-hydrogen) atoms. The Balaban J connectivity index is 1.40. The fraction of sp³-hybridized carbons (Fsp3) is 0.471. The van der Waals surface area contributed by atoms with Gasteiger partial charge < -0.3 is 9.47 Å². The second kappa shape index (κ2) is 13.6. The van der Waals surface area contributed by atoms with Gasteiger partial charge in [-0.3, -0.25) is 0 Å². The van der Waals surface area contributed by atoms with Crippen molar-refractivity contribution in [1.82, 2.24) is 8.75 Å². The smallest absolute Gasteiger partial charge is 0.181 e. The minimum Gasteiger partial charge on any atom is -0.485 e. The van der Waals surface area contributed by atoms with Crippen molar-refractivity contribution in [3.63, 3.8) is 0 Å². The molecule has 0 N–H and O–H groups in total. The van der Waals surface area contributed by atoms with Crippen LogP contribution < -0.4 is 9.47 Å². The molecule has 0 unspecified atom stereocenters. The van der Waals surface area contributed by atoms with Gasteiger partial charge >= 0.3 is 0 Å². The number of hydrogen-bond acceptors (Lipinski definition) is 8. The third-order valence-corrected chi connectivity index (χ3v) is 12.1. The van der Waals surface area contributed by atoms with Gasteiger partial charge in [0.2, 0.25) is 0 Å². The van der Waals surface area contributed by atoms with Crippen LogP contribution in [0.4, 0.5) is 0 Å². The van der Waals surface area contributed by atoms with E-state index >= 15 is 0 Å². The lowest BCUT2D eigenvalue weighted by molar-refractivity contribution is 0.173. The number of unbranched alkanes of at least 4 members (excludes halogenated alkanes) is 6. The normalized spacial score (nSPS) is 13.0. The van der Waals surface area contributed by atoms with E-state index in [1.54, 1.807) is 11.3 Å². The molecule has 0 amide bonds. The van der Waals surface area contributed by atoms with Crippen molar-refractivity contribution in [3.05, 3.63) is 45.1 Å². The van der Waals surface area contributed by atoms with Crippen LogP contribution in [0, 0.1) is 13.8 Å². The van der Waals surface area contributed by atoms with E-state index in [1.807, 2.05) is 22.7 Å². The molecule has 0 bridgehead atoms. The Labute approximate surface area is 266 Å². The summed E-state index contributed by atoms with van der Waals surface area (Å²) in [4.78, 5) is 7.71. The summed E-state index contributed by atoms with van der Waals surface area (Å²) in [6.45, 7) is 10.1. The molecule has 0 saturated carbocycles. The van der Waals surface area contributed by atoms with Gasteiger partial charge in [0, 0.05) is 35.5 Å². The summed E-state index contributed by atoms with van der Waals surface area (Å²) in [6, 6.07) is 9.43. The van der Waals surface area contributed by atoms with Gasteiger partial charge in [-0.15, -0.1) is 34.0 Å². The highest BCUT2D eigenvalue weighted by Gasteiger charge is 2.26. The topological polar surface area (TPSA) is 44.2 Å². The van der Waals surface area contributed by atoms with Crippen molar-refractivity contribution >= 4 is 56.8 Å². The average Bonchev–Trinajstić information content (AvgIpc) is 3.79. The molecule has 0 saturated heterocycles. The zero-order valence-electron chi connectivity index (χ0n) is 25.1. The lowest BCUT2D eigenvalue weighted by atomic mass is 9.98. The molecule has 0 radical (unpaired) electrons. The number of aryl methyl sites for hydroxylation is 4. The van der Waals surface area contributed by atoms with E-state index in [1.165, 1.54) is 115 Å². The zero-order valence-corrected chi connectivity index (χ0v) is 28.4. The largest absolute Gasteiger partial charge is 0.485 e. The summed E-state index contributed by atoms with van der Waals surface area (Å²) in [7, 11) is 0. The Kier molecular flexibility index (Phi) is 9.63. The van der Waals surface area contributed by atoms with Crippen LogP contribution in [0.15, 0.2) is 24.3 Å². The molecule has 4 aromatic heterocycles. The molecule has 222 valence electrons. The Morgan fingerprint density at radius 1 is 0.667 bits per heavy atom. The molecule has 1 aliphatic rings. The van der Waals surface area contributed by atoms with Crippen molar-refractivity contribution < 1.29 is 9.47 Å². The number of benzene rings is 1. The first kappa shape index (κ1) is 29.8. The molecule has 6 rings (SSSR count). The number of fused-ring (bicyclic) bond motifs is 2. The molecule has 0 fully saturated rings. The third-order valence-electron chi connectivity index (χ3n) is 8.03. The maximum absolute atomic E-state index is 6.15. The number of thiophene rings is 3. The van der Waals surface area contributed by atoms with Crippen LogP contribution in [0.3, 0.4) is 0 Å². The van der Waals surface area contributed by atoms with E-state index in [4.69, 9.17) is 18.2 Å². The SMILES string of the molecule is CCCCCCc1cc(C)sc1-c1ccc(-c2sc(-c3sc(C)c4c3OCCO4)cc2CCCCCC)c2nsnc12. The van der Waals surface area contributed by atoms with Crippen molar-refractivity contribution in [2.45, 2.75) is 91.9 Å². The molecule has 0 spiro atoms. The van der Waals surface area contributed by atoms with Crippen LogP contribution in [0.25, 0.3) is 41.7 Å². The van der Waals surface area contributed by atoms with Crippen molar-refractivity contribution in [3.8, 4) is 42.1 Å². The van der Waals surface area contributed by atoms with Crippen molar-refractivity contribution in [1.29, 1.82) is 0 Å². The van der Waals surface area contributed by atoms with Crippen LogP contribution in [-0.2, 0) is 12.8 Å². The first-order chi connectivity index (χ1) is 20.6. The highest BCUT2D eigenvalue weighted by Crippen LogP contribution is 2.53. The molecule has 5 heterocycles. The fourth-order valence-electron chi connectivity index (χ4n) is 5.91. The Hall–Kier alpha value is -2.26. The molecular weight excluding hydrogens is 597 g/mol. The number of nitrogens with zero attached hydrogens (tertiary/aromatic N) is 2. The van der Waals surface area contributed by atoms with Gasteiger partial charge in [-0.2, -0.15) is 8.75 Å². The van der Waals surface area contributed by atoms with E-state index in [9.17, 15) is 0 Å². The monoisotopic (exact) mass is 636 g/mol. The summed E-state index contributed by atoms with van der Waals surface area (Å²) in [5.41, 5.74) is 7.40. The lowest BCUT2D eigenvalue weighted by Gasteiger charge is -2.16. The highest BCUT2D eigenvalue weighted by molar-refractivity contribution is 7.24. The number of hydrogen-bond donors (Lipinski definition) is 0. The average molecular weight is 637 g/mol. The Morgan fingerprint density at radius 3 is 1.90 bits per heavy atom. The van der Waals surface area contributed by atoms with E-state index in [0.29, 0.717) is 13.2 Å². The molecule has 5 aromatic rings. The highest BCUT2D eigenvalue weighted by atomic mass is 32.1. The maximum Gasteiger partial charge on any atom is 0.181 e. The Morgan fingerprint density at radius 2 is 1.26 bits per heavy atom. The summed E-state index contributed by atoms with van der Waals surface area (Å²) in [5.74, 6) is 1.84. The van der Waals surface area contributed by atoms with Gasteiger partial charge in [0.25, 0.3) is 0 Å².